The molecule has 0 unspecified atom stereocenters. The molecule has 0 saturated carbocycles. The van der Waals surface area contributed by atoms with Gasteiger partial charge in [0.1, 0.15) is 12.4 Å². The summed E-state index contributed by atoms with van der Waals surface area (Å²) in [5.74, 6) is 3.56. The van der Waals surface area contributed by atoms with Gasteiger partial charge in [-0.3, -0.25) is 0 Å². The molecule has 3 aromatic rings. The van der Waals surface area contributed by atoms with Crippen molar-refractivity contribution in [3.05, 3.63) is 65.7 Å². The Kier molecular flexibility index (Phi) is 7.52. The highest BCUT2D eigenvalue weighted by molar-refractivity contribution is 5.97. The fourth-order valence-electron chi connectivity index (χ4n) is 3.28. The smallest absolute Gasteiger partial charge is 0.123 e. The van der Waals surface area contributed by atoms with E-state index in [2.05, 4.69) is 41.6 Å². The highest BCUT2D eigenvalue weighted by atomic mass is 16.5. The van der Waals surface area contributed by atoms with Gasteiger partial charge in [0.25, 0.3) is 0 Å². The molecule has 0 saturated heterocycles. The third-order valence-electron chi connectivity index (χ3n) is 4.71. The molecule has 1 N–H and O–H groups in total. The summed E-state index contributed by atoms with van der Waals surface area (Å²) < 4.78 is 16.4. The Hall–Kier alpha value is -3.00. The Bertz CT molecular complexity index is 991. The second-order valence-electron chi connectivity index (χ2n) is 6.77. The second-order valence-corrected chi connectivity index (χ2v) is 6.77. The number of hydrogen-bond acceptors (Lipinski definition) is 4. The second kappa shape index (κ2) is 10.5. The topological polar surface area (TPSA) is 39.7 Å². The summed E-state index contributed by atoms with van der Waals surface area (Å²) in [6.45, 7) is 1.79. The SMILES string of the molecule is C#Cc1cccc(Nc2cccc3cc(CCCOC)c(OCCOC)cc23)c1. The monoisotopic (exact) mass is 389 g/mol. The predicted octanol–water partition coefficient (Wildman–Crippen LogP) is 5.17. The van der Waals surface area contributed by atoms with Gasteiger partial charge in [-0.15, -0.1) is 6.42 Å². The lowest BCUT2D eigenvalue weighted by atomic mass is 10.0. The summed E-state index contributed by atoms with van der Waals surface area (Å²) in [7, 11) is 3.40. The number of rotatable bonds is 10. The van der Waals surface area contributed by atoms with Crippen LogP contribution >= 0.6 is 0 Å². The molecule has 29 heavy (non-hydrogen) atoms. The maximum absolute atomic E-state index is 6.04. The number of methoxy groups -OCH3 is 2. The molecule has 0 heterocycles. The first-order valence-electron chi connectivity index (χ1n) is 9.75. The zero-order chi connectivity index (χ0) is 20.5. The van der Waals surface area contributed by atoms with Crippen molar-refractivity contribution in [3.8, 4) is 18.1 Å². The van der Waals surface area contributed by atoms with E-state index in [4.69, 9.17) is 20.6 Å². The maximum atomic E-state index is 6.04. The van der Waals surface area contributed by atoms with Crippen molar-refractivity contribution in [2.45, 2.75) is 12.8 Å². The van der Waals surface area contributed by atoms with E-state index in [0.29, 0.717) is 13.2 Å². The molecule has 150 valence electrons. The number of aryl methyl sites for hydroxylation is 1. The highest BCUT2D eigenvalue weighted by Crippen LogP contribution is 2.33. The van der Waals surface area contributed by atoms with Crippen LogP contribution in [0.2, 0.25) is 0 Å². The lowest BCUT2D eigenvalue weighted by Crippen LogP contribution is -2.06. The number of fused-ring (bicyclic) bond motifs is 1. The van der Waals surface area contributed by atoms with Gasteiger partial charge in [0.2, 0.25) is 0 Å². The first-order chi connectivity index (χ1) is 14.2. The molecule has 3 aromatic carbocycles. The Morgan fingerprint density at radius 2 is 1.76 bits per heavy atom. The lowest BCUT2D eigenvalue weighted by Gasteiger charge is -2.16. The summed E-state index contributed by atoms with van der Waals surface area (Å²) in [5.41, 5.74) is 3.99. The molecular formula is C25H27NO3. The number of nitrogens with one attached hydrogen (secondary N) is 1. The fraction of sp³-hybridized carbons (Fsp3) is 0.280. The molecular weight excluding hydrogens is 362 g/mol. The van der Waals surface area contributed by atoms with E-state index in [1.165, 1.54) is 5.56 Å². The van der Waals surface area contributed by atoms with Crippen molar-refractivity contribution in [1.29, 1.82) is 0 Å². The molecule has 0 aromatic heterocycles. The van der Waals surface area contributed by atoms with Crippen molar-refractivity contribution in [2.24, 2.45) is 0 Å². The number of hydrogen-bond donors (Lipinski definition) is 1. The van der Waals surface area contributed by atoms with Gasteiger partial charge in [0.15, 0.2) is 0 Å². The first-order valence-corrected chi connectivity index (χ1v) is 9.75. The van der Waals surface area contributed by atoms with E-state index in [1.807, 2.05) is 24.3 Å². The fourth-order valence-corrected chi connectivity index (χ4v) is 3.28. The molecule has 0 spiro atoms. The van der Waals surface area contributed by atoms with Crippen molar-refractivity contribution >= 4 is 22.1 Å². The maximum Gasteiger partial charge on any atom is 0.123 e. The van der Waals surface area contributed by atoms with Crippen molar-refractivity contribution < 1.29 is 14.2 Å². The van der Waals surface area contributed by atoms with Crippen LogP contribution in [0, 0.1) is 12.3 Å². The van der Waals surface area contributed by atoms with E-state index in [-0.39, 0.29) is 0 Å². The predicted molar refractivity (Wildman–Crippen MR) is 119 cm³/mol. The van der Waals surface area contributed by atoms with Crippen LogP contribution in [-0.4, -0.2) is 34.0 Å². The van der Waals surface area contributed by atoms with Gasteiger partial charge in [-0.05, 0) is 60.2 Å². The van der Waals surface area contributed by atoms with Crippen molar-refractivity contribution in [3.63, 3.8) is 0 Å². The third kappa shape index (κ3) is 5.51. The number of ether oxygens (including phenoxy) is 3. The van der Waals surface area contributed by atoms with Gasteiger partial charge in [-0.1, -0.05) is 24.1 Å². The van der Waals surface area contributed by atoms with E-state index < -0.39 is 0 Å². The van der Waals surface area contributed by atoms with Gasteiger partial charge < -0.3 is 19.5 Å². The summed E-state index contributed by atoms with van der Waals surface area (Å²) in [6.07, 6.45) is 7.37. The third-order valence-corrected chi connectivity index (χ3v) is 4.71. The van der Waals surface area contributed by atoms with E-state index in [0.717, 1.165) is 52.9 Å². The molecule has 4 nitrogen and oxygen atoms in total. The summed E-state index contributed by atoms with van der Waals surface area (Å²) >= 11 is 0. The molecule has 0 amide bonds. The number of benzene rings is 3. The van der Waals surface area contributed by atoms with Crippen LogP contribution in [0.1, 0.15) is 17.5 Å². The summed E-state index contributed by atoms with van der Waals surface area (Å²) in [5, 5.41) is 5.75. The van der Waals surface area contributed by atoms with Crippen LogP contribution < -0.4 is 10.1 Å². The zero-order valence-corrected chi connectivity index (χ0v) is 17.0. The minimum Gasteiger partial charge on any atom is -0.491 e. The Balaban J connectivity index is 1.96. The number of anilines is 2. The molecule has 0 bridgehead atoms. The normalized spacial score (nSPS) is 10.7. The highest BCUT2D eigenvalue weighted by Gasteiger charge is 2.10. The summed E-state index contributed by atoms with van der Waals surface area (Å²) in [6, 6.07) is 18.4. The Morgan fingerprint density at radius 1 is 0.931 bits per heavy atom. The van der Waals surface area contributed by atoms with Gasteiger partial charge in [0, 0.05) is 43.2 Å². The molecule has 0 fully saturated rings. The van der Waals surface area contributed by atoms with Crippen LogP contribution in [0.15, 0.2) is 54.6 Å². The van der Waals surface area contributed by atoms with Crippen molar-refractivity contribution in [1.82, 2.24) is 0 Å². The first kappa shape index (κ1) is 20.7. The zero-order valence-electron chi connectivity index (χ0n) is 17.0. The quantitative estimate of drug-likeness (QED) is 0.384. The standard InChI is InChI=1S/C25H27NO3/c1-4-19-8-5-11-22(16-19)26-24-12-6-9-20-17-21(10-7-13-27-2)25(18-23(20)24)29-15-14-28-3/h1,5-6,8-9,11-12,16-18,26H,7,10,13-15H2,2-3H3. The average Bonchev–Trinajstić information content (AvgIpc) is 2.75. The molecule has 0 aliphatic rings. The van der Waals surface area contributed by atoms with E-state index in [9.17, 15) is 0 Å². The Morgan fingerprint density at radius 3 is 2.55 bits per heavy atom. The molecule has 0 aliphatic heterocycles. The number of terminal acetylenes is 1. The molecule has 0 aliphatic carbocycles. The average molecular weight is 389 g/mol. The lowest BCUT2D eigenvalue weighted by molar-refractivity contribution is 0.145. The molecule has 4 heteroatoms. The minimum absolute atomic E-state index is 0.513. The van der Waals surface area contributed by atoms with Gasteiger partial charge in [-0.2, -0.15) is 0 Å². The minimum atomic E-state index is 0.513. The largest absolute Gasteiger partial charge is 0.491 e. The van der Waals surface area contributed by atoms with E-state index in [1.54, 1.807) is 14.2 Å². The molecule has 0 atom stereocenters. The van der Waals surface area contributed by atoms with Crippen LogP contribution in [0.25, 0.3) is 10.8 Å². The molecule has 3 rings (SSSR count). The van der Waals surface area contributed by atoms with Gasteiger partial charge in [-0.25, -0.2) is 0 Å². The van der Waals surface area contributed by atoms with Crippen LogP contribution in [0.5, 0.6) is 5.75 Å². The molecule has 0 radical (unpaired) electrons. The van der Waals surface area contributed by atoms with Crippen LogP contribution in [0.3, 0.4) is 0 Å². The van der Waals surface area contributed by atoms with Crippen molar-refractivity contribution in [2.75, 3.05) is 39.4 Å². The summed E-state index contributed by atoms with van der Waals surface area (Å²) in [4.78, 5) is 0. The van der Waals surface area contributed by atoms with Crippen LogP contribution in [0.4, 0.5) is 11.4 Å². The Labute approximate surface area is 172 Å². The van der Waals surface area contributed by atoms with Crippen LogP contribution in [-0.2, 0) is 15.9 Å². The van der Waals surface area contributed by atoms with Gasteiger partial charge in [0.05, 0.1) is 6.61 Å². The van der Waals surface area contributed by atoms with Gasteiger partial charge >= 0.3 is 0 Å². The van der Waals surface area contributed by atoms with E-state index >= 15 is 0 Å².